The van der Waals surface area contributed by atoms with Crippen molar-refractivity contribution in [2.45, 2.75) is 58.3 Å². The van der Waals surface area contributed by atoms with Crippen molar-refractivity contribution in [3.63, 3.8) is 0 Å². The zero-order valence-electron chi connectivity index (χ0n) is 13.0. The van der Waals surface area contributed by atoms with E-state index in [1.165, 1.54) is 17.5 Å². The van der Waals surface area contributed by atoms with Gasteiger partial charge in [0, 0.05) is 11.8 Å². The summed E-state index contributed by atoms with van der Waals surface area (Å²) in [6.07, 6.45) is 6.35. The van der Waals surface area contributed by atoms with Crippen LogP contribution in [0, 0.1) is 24.2 Å². The van der Waals surface area contributed by atoms with Crippen LogP contribution in [0.1, 0.15) is 61.6 Å². The molecule has 112 valence electrons. The van der Waals surface area contributed by atoms with E-state index in [-0.39, 0.29) is 5.41 Å². The monoisotopic (exact) mass is 284 g/mol. The highest BCUT2D eigenvalue weighted by Crippen LogP contribution is 2.59. The van der Waals surface area contributed by atoms with E-state index in [4.69, 9.17) is 0 Å². The molecule has 0 aromatic heterocycles. The van der Waals surface area contributed by atoms with Gasteiger partial charge in [-0.15, -0.1) is 0 Å². The number of phenols is 1. The highest BCUT2D eigenvalue weighted by Gasteiger charge is 2.54. The minimum atomic E-state index is -0.0502. The Labute approximate surface area is 126 Å². The van der Waals surface area contributed by atoms with E-state index in [9.17, 15) is 9.90 Å². The van der Waals surface area contributed by atoms with Crippen molar-refractivity contribution in [2.24, 2.45) is 17.3 Å². The third-order valence-electron chi connectivity index (χ3n) is 6.75. The summed E-state index contributed by atoms with van der Waals surface area (Å²) in [6.45, 7) is 4.20. The van der Waals surface area contributed by atoms with E-state index in [2.05, 4.69) is 13.0 Å². The topological polar surface area (TPSA) is 37.3 Å². The van der Waals surface area contributed by atoms with Gasteiger partial charge in [0.25, 0.3) is 0 Å². The molecule has 0 saturated heterocycles. The van der Waals surface area contributed by atoms with Gasteiger partial charge in [-0.1, -0.05) is 13.0 Å². The Morgan fingerprint density at radius 1 is 1.19 bits per heavy atom. The molecule has 0 heterocycles. The van der Waals surface area contributed by atoms with Crippen LogP contribution in [0.3, 0.4) is 0 Å². The van der Waals surface area contributed by atoms with Crippen molar-refractivity contribution >= 4 is 5.78 Å². The number of benzene rings is 1. The van der Waals surface area contributed by atoms with Crippen molar-refractivity contribution in [2.75, 3.05) is 0 Å². The van der Waals surface area contributed by atoms with Gasteiger partial charge in [0.1, 0.15) is 11.5 Å². The summed E-state index contributed by atoms with van der Waals surface area (Å²) in [6, 6.07) is 4.19. The fraction of sp³-hybridized carbons (Fsp3) is 0.632. The van der Waals surface area contributed by atoms with E-state index in [1.54, 1.807) is 0 Å². The van der Waals surface area contributed by atoms with Gasteiger partial charge >= 0.3 is 0 Å². The van der Waals surface area contributed by atoms with Crippen molar-refractivity contribution < 1.29 is 9.90 Å². The summed E-state index contributed by atoms with van der Waals surface area (Å²) in [7, 11) is 0. The molecule has 21 heavy (non-hydrogen) atoms. The number of phenolic OH excluding ortho intramolecular Hbond substituents is 1. The molecule has 3 aliphatic rings. The molecule has 4 atom stereocenters. The average molecular weight is 284 g/mol. The van der Waals surface area contributed by atoms with E-state index in [0.717, 1.165) is 37.7 Å². The number of ketones is 1. The third-order valence-corrected chi connectivity index (χ3v) is 6.75. The van der Waals surface area contributed by atoms with Crippen LogP contribution >= 0.6 is 0 Å². The minimum Gasteiger partial charge on any atom is -0.508 e. The smallest absolute Gasteiger partial charge is 0.139 e. The van der Waals surface area contributed by atoms with Crippen molar-refractivity contribution in [1.82, 2.24) is 0 Å². The lowest BCUT2D eigenvalue weighted by atomic mass is 9.55. The molecule has 0 bridgehead atoms. The van der Waals surface area contributed by atoms with E-state index >= 15 is 0 Å². The Balaban J connectivity index is 1.75. The van der Waals surface area contributed by atoms with Crippen LogP contribution in [0.5, 0.6) is 5.75 Å². The standard InChI is InChI=1S/C19H24O2/c1-11-9-12-3-4-14-13(15(12)10-17(11)20)7-8-19(2)16(14)5-6-18(19)21/h9-10,13-14,16,20H,3-8H2,1-2H3/t13-,14+,16-,19-/m0/s1. The summed E-state index contributed by atoms with van der Waals surface area (Å²) in [5.41, 5.74) is 3.74. The Hall–Kier alpha value is -1.31. The van der Waals surface area contributed by atoms with Crippen LogP contribution in [-0.4, -0.2) is 10.9 Å². The molecular weight excluding hydrogens is 260 g/mol. The predicted molar refractivity (Wildman–Crippen MR) is 82.5 cm³/mol. The van der Waals surface area contributed by atoms with Crippen molar-refractivity contribution in [3.8, 4) is 5.75 Å². The van der Waals surface area contributed by atoms with Crippen LogP contribution in [0.15, 0.2) is 12.1 Å². The number of Topliss-reactive ketones (excluding diaryl/α,β-unsaturated/α-hetero) is 1. The van der Waals surface area contributed by atoms with Gasteiger partial charge in [-0.2, -0.15) is 0 Å². The quantitative estimate of drug-likeness (QED) is 0.778. The summed E-state index contributed by atoms with van der Waals surface area (Å²) in [5, 5.41) is 10.1. The predicted octanol–water partition coefficient (Wildman–Crippen LogP) is 4.13. The average Bonchev–Trinajstić information content (AvgIpc) is 2.76. The lowest BCUT2D eigenvalue weighted by Gasteiger charge is -2.48. The molecular formula is C19H24O2. The second-order valence-corrected chi connectivity index (χ2v) is 7.67. The largest absolute Gasteiger partial charge is 0.508 e. The van der Waals surface area contributed by atoms with Crippen molar-refractivity contribution in [1.29, 1.82) is 0 Å². The van der Waals surface area contributed by atoms with Crippen LogP contribution in [0.25, 0.3) is 0 Å². The molecule has 0 unspecified atom stereocenters. The molecule has 4 rings (SSSR count). The summed E-state index contributed by atoms with van der Waals surface area (Å²) in [4.78, 5) is 12.3. The summed E-state index contributed by atoms with van der Waals surface area (Å²) < 4.78 is 0. The highest BCUT2D eigenvalue weighted by molar-refractivity contribution is 5.87. The van der Waals surface area contributed by atoms with Crippen LogP contribution < -0.4 is 0 Å². The normalized spacial score (nSPS) is 37.8. The first-order valence-electron chi connectivity index (χ1n) is 8.36. The summed E-state index contributed by atoms with van der Waals surface area (Å²) >= 11 is 0. The van der Waals surface area contributed by atoms with Gasteiger partial charge in [0.2, 0.25) is 0 Å². The number of hydrogen-bond acceptors (Lipinski definition) is 2. The van der Waals surface area contributed by atoms with Crippen LogP contribution in [-0.2, 0) is 11.2 Å². The zero-order chi connectivity index (χ0) is 14.8. The van der Waals surface area contributed by atoms with Gasteiger partial charge in [-0.3, -0.25) is 4.79 Å². The van der Waals surface area contributed by atoms with Gasteiger partial charge in [-0.25, -0.2) is 0 Å². The Morgan fingerprint density at radius 3 is 2.81 bits per heavy atom. The number of rotatable bonds is 0. The Kier molecular flexibility index (Phi) is 2.76. The fourth-order valence-electron chi connectivity index (χ4n) is 5.50. The summed E-state index contributed by atoms with van der Waals surface area (Å²) in [5.74, 6) is 2.71. The number of carbonyl (C=O) groups is 1. The molecule has 0 amide bonds. The fourth-order valence-corrected chi connectivity index (χ4v) is 5.50. The maximum atomic E-state index is 12.3. The number of hydrogen-bond donors (Lipinski definition) is 1. The Bertz CT molecular complexity index is 618. The lowest BCUT2D eigenvalue weighted by Crippen LogP contribution is -2.42. The molecule has 2 fully saturated rings. The van der Waals surface area contributed by atoms with Gasteiger partial charge in [-0.05, 0) is 79.5 Å². The molecule has 1 aromatic carbocycles. The van der Waals surface area contributed by atoms with E-state index in [0.29, 0.717) is 29.3 Å². The molecule has 0 aliphatic heterocycles. The van der Waals surface area contributed by atoms with Crippen LogP contribution in [0.4, 0.5) is 0 Å². The van der Waals surface area contributed by atoms with Gasteiger partial charge in [0.15, 0.2) is 0 Å². The van der Waals surface area contributed by atoms with Gasteiger partial charge in [0.05, 0.1) is 0 Å². The lowest BCUT2D eigenvalue weighted by molar-refractivity contribution is -0.129. The van der Waals surface area contributed by atoms with Crippen molar-refractivity contribution in [3.05, 3.63) is 28.8 Å². The molecule has 0 spiro atoms. The first-order valence-corrected chi connectivity index (χ1v) is 8.36. The molecule has 2 saturated carbocycles. The van der Waals surface area contributed by atoms with Crippen LogP contribution in [0.2, 0.25) is 0 Å². The SMILES string of the molecule is Cc1cc2c(cc1O)[C@H]1CC[C@]3(C)C(=O)CC[C@H]3[C@@H]1CC2. The molecule has 3 aliphatic carbocycles. The first-order chi connectivity index (χ1) is 10.0. The van der Waals surface area contributed by atoms with E-state index in [1.807, 2.05) is 13.0 Å². The number of aryl methyl sites for hydroxylation is 2. The molecule has 2 nitrogen and oxygen atoms in total. The first kappa shape index (κ1) is 13.4. The molecule has 1 N–H and O–H groups in total. The Morgan fingerprint density at radius 2 is 2.00 bits per heavy atom. The van der Waals surface area contributed by atoms with Gasteiger partial charge < -0.3 is 5.11 Å². The second kappa shape index (κ2) is 4.34. The maximum absolute atomic E-state index is 12.3. The number of carbonyl (C=O) groups excluding carboxylic acids is 1. The second-order valence-electron chi connectivity index (χ2n) is 7.67. The zero-order valence-corrected chi connectivity index (χ0v) is 13.0. The molecule has 1 aromatic rings. The highest BCUT2D eigenvalue weighted by atomic mass is 16.3. The van der Waals surface area contributed by atoms with E-state index < -0.39 is 0 Å². The number of aromatic hydroxyl groups is 1. The third kappa shape index (κ3) is 1.74. The number of fused-ring (bicyclic) bond motifs is 5. The minimum absolute atomic E-state index is 0.0502. The molecule has 2 heteroatoms. The molecule has 0 radical (unpaired) electrons. The maximum Gasteiger partial charge on any atom is 0.139 e.